The molecule has 16 heavy (non-hydrogen) atoms. The zero-order valence-electron chi connectivity index (χ0n) is 9.58. The molecule has 1 rings (SSSR count). The first-order valence-electron chi connectivity index (χ1n) is 5.12. The summed E-state index contributed by atoms with van der Waals surface area (Å²) in [4.78, 5) is 5.28. The van der Waals surface area contributed by atoms with Crippen LogP contribution < -0.4 is 5.73 Å². The van der Waals surface area contributed by atoms with E-state index in [4.69, 9.17) is 16.2 Å². The van der Waals surface area contributed by atoms with E-state index in [0.717, 1.165) is 28.5 Å². The van der Waals surface area contributed by atoms with Gasteiger partial charge in [0.2, 0.25) is 0 Å². The number of rotatable bonds is 5. The van der Waals surface area contributed by atoms with Gasteiger partial charge in [0.25, 0.3) is 0 Å². The normalized spacial score (nSPS) is 10.4. The van der Waals surface area contributed by atoms with Crippen molar-refractivity contribution in [3.63, 3.8) is 0 Å². The van der Waals surface area contributed by atoms with Gasteiger partial charge in [-0.05, 0) is 26.3 Å². The van der Waals surface area contributed by atoms with Gasteiger partial charge in [-0.1, -0.05) is 0 Å². The fourth-order valence-electron chi connectivity index (χ4n) is 1.48. The molecule has 4 N–H and O–H groups in total. The highest BCUT2D eigenvalue weighted by molar-refractivity contribution is 7.99. The second-order valence-electron chi connectivity index (χ2n) is 3.56. The fraction of sp³-hybridized carbons (Fsp3) is 0.455. The minimum Gasteiger partial charge on any atom is -0.396 e. The molecule has 4 nitrogen and oxygen atoms in total. The van der Waals surface area contributed by atoms with Crippen LogP contribution in [0.25, 0.3) is 0 Å². The minimum absolute atomic E-state index is 0.0523. The van der Waals surface area contributed by atoms with Gasteiger partial charge in [0.15, 0.2) is 0 Å². The summed E-state index contributed by atoms with van der Waals surface area (Å²) >= 11 is 1.61. The average Bonchev–Trinajstić information content (AvgIpc) is 2.16. The Bertz CT molecular complexity index is 393. The maximum Gasteiger partial charge on any atom is 0.125 e. The number of aryl methyl sites for hydroxylation is 2. The average molecular weight is 239 g/mol. The summed E-state index contributed by atoms with van der Waals surface area (Å²) in [5.41, 5.74) is 7.98. The molecule has 0 aliphatic rings. The molecule has 5 heteroatoms. The number of hydrogen-bond acceptors (Lipinski definition) is 4. The molecule has 0 atom stereocenters. The number of nitrogens with zero attached hydrogens (tertiary/aromatic N) is 1. The predicted molar refractivity (Wildman–Crippen MR) is 67.2 cm³/mol. The molecular formula is C11H17N3OS. The van der Waals surface area contributed by atoms with Crippen LogP contribution in [0, 0.1) is 19.3 Å². The van der Waals surface area contributed by atoms with Crippen LogP contribution in [0.5, 0.6) is 0 Å². The van der Waals surface area contributed by atoms with Gasteiger partial charge in [-0.2, -0.15) is 0 Å². The lowest BCUT2D eigenvalue weighted by Crippen LogP contribution is -2.15. The number of pyridine rings is 1. The lowest BCUT2D eigenvalue weighted by molar-refractivity contribution is 0.296. The lowest BCUT2D eigenvalue weighted by atomic mass is 10.1. The van der Waals surface area contributed by atoms with Crippen molar-refractivity contribution in [2.75, 3.05) is 12.4 Å². The highest BCUT2D eigenvalue weighted by Gasteiger charge is 2.11. The standard InChI is InChI=1S/C11H17N3OS/c1-7-6-9(16-5-3-4-15)10(11(12)13)8(2)14-7/h6,15H,3-5H2,1-2H3,(H3,12,13). The third-order valence-corrected chi connectivity index (χ3v) is 3.25. The Labute approximate surface area is 99.8 Å². The first-order valence-corrected chi connectivity index (χ1v) is 6.11. The lowest BCUT2D eigenvalue weighted by Gasteiger charge is -2.11. The van der Waals surface area contributed by atoms with Crippen molar-refractivity contribution in [3.05, 3.63) is 23.0 Å². The van der Waals surface area contributed by atoms with E-state index in [9.17, 15) is 0 Å². The summed E-state index contributed by atoms with van der Waals surface area (Å²) in [7, 11) is 0. The zero-order chi connectivity index (χ0) is 12.1. The first-order chi connectivity index (χ1) is 7.56. The van der Waals surface area contributed by atoms with E-state index in [0.29, 0.717) is 5.56 Å². The molecular weight excluding hydrogens is 222 g/mol. The highest BCUT2D eigenvalue weighted by Crippen LogP contribution is 2.25. The van der Waals surface area contributed by atoms with Crippen LogP contribution in [0.4, 0.5) is 0 Å². The van der Waals surface area contributed by atoms with Gasteiger partial charge in [-0.25, -0.2) is 0 Å². The molecule has 0 amide bonds. The van der Waals surface area contributed by atoms with Gasteiger partial charge < -0.3 is 10.8 Å². The Morgan fingerprint density at radius 2 is 2.25 bits per heavy atom. The molecule has 0 aliphatic carbocycles. The van der Waals surface area contributed by atoms with E-state index in [2.05, 4.69) is 4.98 Å². The molecule has 0 bridgehead atoms. The monoisotopic (exact) mass is 239 g/mol. The van der Waals surface area contributed by atoms with Crippen LogP contribution >= 0.6 is 11.8 Å². The maximum absolute atomic E-state index is 8.74. The smallest absolute Gasteiger partial charge is 0.125 e. The third-order valence-electron chi connectivity index (χ3n) is 2.12. The van der Waals surface area contributed by atoms with E-state index in [1.807, 2.05) is 19.9 Å². The first kappa shape index (κ1) is 13.0. The van der Waals surface area contributed by atoms with E-state index >= 15 is 0 Å². The fourth-order valence-corrected chi connectivity index (χ4v) is 2.63. The summed E-state index contributed by atoms with van der Waals surface area (Å²) in [6, 6.07) is 1.94. The van der Waals surface area contributed by atoms with Crippen molar-refractivity contribution in [3.8, 4) is 0 Å². The molecule has 0 fully saturated rings. The van der Waals surface area contributed by atoms with Crippen LogP contribution in [0.15, 0.2) is 11.0 Å². The molecule has 0 aromatic carbocycles. The number of amidine groups is 1. The molecule has 0 spiro atoms. The van der Waals surface area contributed by atoms with Gasteiger partial charge >= 0.3 is 0 Å². The van der Waals surface area contributed by atoms with Crippen molar-refractivity contribution in [1.82, 2.24) is 4.98 Å². The number of aliphatic hydroxyl groups is 1. The van der Waals surface area contributed by atoms with Gasteiger partial charge in [-0.15, -0.1) is 11.8 Å². The van der Waals surface area contributed by atoms with Gasteiger partial charge in [0.1, 0.15) is 5.84 Å². The third kappa shape index (κ3) is 3.21. The number of nitrogens with one attached hydrogen (secondary N) is 1. The molecule has 88 valence electrons. The number of thioether (sulfide) groups is 1. The maximum atomic E-state index is 8.74. The van der Waals surface area contributed by atoms with E-state index in [-0.39, 0.29) is 12.4 Å². The van der Waals surface area contributed by atoms with E-state index in [1.165, 1.54) is 0 Å². The highest BCUT2D eigenvalue weighted by atomic mass is 32.2. The summed E-state index contributed by atoms with van der Waals surface area (Å²) in [5.74, 6) is 0.871. The van der Waals surface area contributed by atoms with Gasteiger partial charge in [-0.3, -0.25) is 10.4 Å². The van der Waals surface area contributed by atoms with Crippen LogP contribution in [-0.4, -0.2) is 28.3 Å². The van der Waals surface area contributed by atoms with Crippen molar-refractivity contribution < 1.29 is 5.11 Å². The summed E-state index contributed by atoms with van der Waals surface area (Å²) in [6.07, 6.45) is 0.739. The van der Waals surface area contributed by atoms with E-state index in [1.54, 1.807) is 11.8 Å². The topological polar surface area (TPSA) is 83.0 Å². The molecule has 0 aliphatic heterocycles. The minimum atomic E-state index is 0.0523. The second-order valence-corrected chi connectivity index (χ2v) is 4.70. The van der Waals surface area contributed by atoms with Crippen LogP contribution in [0.3, 0.4) is 0 Å². The summed E-state index contributed by atoms with van der Waals surface area (Å²) < 4.78 is 0. The number of nitrogen functional groups attached to an aromatic ring is 1. The molecule has 0 saturated carbocycles. The number of hydrogen-bond donors (Lipinski definition) is 3. The van der Waals surface area contributed by atoms with Crippen molar-refractivity contribution in [2.45, 2.75) is 25.2 Å². The summed E-state index contributed by atoms with van der Waals surface area (Å²) in [6.45, 7) is 3.97. The Morgan fingerprint density at radius 1 is 1.56 bits per heavy atom. The predicted octanol–water partition coefficient (Wildman–Crippen LogP) is 1.46. The van der Waals surface area contributed by atoms with Crippen LogP contribution in [-0.2, 0) is 0 Å². The van der Waals surface area contributed by atoms with Crippen molar-refractivity contribution in [2.24, 2.45) is 5.73 Å². The second kappa shape index (κ2) is 5.86. The number of aliphatic hydroxyl groups excluding tert-OH is 1. The molecule has 1 aromatic rings. The van der Waals surface area contributed by atoms with Gasteiger partial charge in [0, 0.05) is 28.6 Å². The van der Waals surface area contributed by atoms with E-state index < -0.39 is 0 Å². The molecule has 1 heterocycles. The number of aromatic nitrogens is 1. The van der Waals surface area contributed by atoms with Crippen LogP contribution in [0.1, 0.15) is 23.4 Å². The Balaban J connectivity index is 2.99. The largest absolute Gasteiger partial charge is 0.396 e. The molecule has 0 unspecified atom stereocenters. The van der Waals surface area contributed by atoms with Gasteiger partial charge in [0.05, 0.1) is 5.56 Å². The quantitative estimate of drug-likeness (QED) is 0.314. The summed E-state index contributed by atoms with van der Waals surface area (Å²) in [5, 5.41) is 16.3. The Hall–Kier alpha value is -1.07. The molecule has 0 radical (unpaired) electrons. The van der Waals surface area contributed by atoms with Crippen LogP contribution in [0.2, 0.25) is 0 Å². The Morgan fingerprint density at radius 3 is 2.81 bits per heavy atom. The Kier molecular flexibility index (Phi) is 4.76. The number of nitrogens with two attached hydrogens (primary N) is 1. The molecule has 1 aromatic heterocycles. The molecule has 0 saturated heterocycles. The van der Waals surface area contributed by atoms with Crippen molar-refractivity contribution >= 4 is 17.6 Å². The van der Waals surface area contributed by atoms with Crippen molar-refractivity contribution in [1.29, 1.82) is 5.41 Å². The zero-order valence-corrected chi connectivity index (χ0v) is 10.4. The SMILES string of the molecule is Cc1cc(SCCCO)c(C(=N)N)c(C)n1.